The summed E-state index contributed by atoms with van der Waals surface area (Å²) in [6.45, 7) is 5.53. The summed E-state index contributed by atoms with van der Waals surface area (Å²) in [7, 11) is 0. The van der Waals surface area contributed by atoms with E-state index in [0.717, 1.165) is 11.8 Å². The molecule has 5 nitrogen and oxygen atoms in total. The Bertz CT molecular complexity index is 765. The van der Waals surface area contributed by atoms with Crippen LogP contribution in [0, 0.1) is 0 Å². The van der Waals surface area contributed by atoms with E-state index in [4.69, 9.17) is 17.3 Å². The van der Waals surface area contributed by atoms with Crippen molar-refractivity contribution in [2.45, 2.75) is 26.8 Å². The zero-order valence-electron chi connectivity index (χ0n) is 12.7. The molecule has 0 amide bonds. The summed E-state index contributed by atoms with van der Waals surface area (Å²) >= 11 is 7.28. The number of carbonyl (C=O) groups is 1. The molecule has 0 radical (unpaired) electrons. The van der Waals surface area contributed by atoms with Crippen LogP contribution in [0.4, 0.5) is 10.6 Å². The topological polar surface area (TPSA) is 70.0 Å². The molecule has 0 aliphatic heterocycles. The Kier molecular flexibility index (Phi) is 5.03. The van der Waals surface area contributed by atoms with Gasteiger partial charge in [-0.15, -0.1) is 0 Å². The molecule has 0 aliphatic rings. The van der Waals surface area contributed by atoms with Crippen molar-refractivity contribution in [2.24, 2.45) is 0 Å². The fraction of sp³-hybridized carbons (Fsp3) is 0.333. The molecule has 2 aromatic rings. The van der Waals surface area contributed by atoms with Crippen LogP contribution in [0.25, 0.3) is 11.1 Å². The second-order valence-corrected chi connectivity index (χ2v) is 6.62. The highest BCUT2D eigenvalue weighted by Gasteiger charge is 2.25. The van der Waals surface area contributed by atoms with Crippen LogP contribution < -0.4 is 11.3 Å². The maximum Gasteiger partial charge on any atom is 0.306 e. The number of benzene rings is 1. The summed E-state index contributed by atoms with van der Waals surface area (Å²) in [5, 5.41) is 0.152. The van der Waals surface area contributed by atoms with Gasteiger partial charge in [0.25, 0.3) is 5.56 Å². The largest absolute Gasteiger partial charge is 0.383 e. The van der Waals surface area contributed by atoms with Gasteiger partial charge in [-0.3, -0.25) is 9.59 Å². The van der Waals surface area contributed by atoms with Crippen molar-refractivity contribution in [3.8, 4) is 11.1 Å². The van der Waals surface area contributed by atoms with Crippen LogP contribution in [-0.4, -0.2) is 20.4 Å². The normalized spacial score (nSPS) is 11.1. The maximum atomic E-state index is 12.8. The van der Waals surface area contributed by atoms with E-state index in [2.05, 4.69) is 0 Å². The van der Waals surface area contributed by atoms with Crippen molar-refractivity contribution in [1.29, 1.82) is 0 Å². The molecule has 0 bridgehead atoms. The number of carbonyl (C=O) groups excluding carboxylic acids is 1. The van der Waals surface area contributed by atoms with E-state index in [0.29, 0.717) is 16.3 Å². The molecule has 7 heteroatoms. The first-order valence-corrected chi connectivity index (χ1v) is 8.31. The minimum atomic E-state index is -0.314. The van der Waals surface area contributed by atoms with E-state index < -0.39 is 0 Å². The van der Waals surface area contributed by atoms with Crippen molar-refractivity contribution in [3.63, 3.8) is 0 Å². The summed E-state index contributed by atoms with van der Waals surface area (Å²) in [5.41, 5.74) is 6.61. The van der Waals surface area contributed by atoms with Gasteiger partial charge in [0.15, 0.2) is 0 Å². The van der Waals surface area contributed by atoms with Gasteiger partial charge in [-0.05, 0) is 25.7 Å². The summed E-state index contributed by atoms with van der Waals surface area (Å²) in [6.07, 6.45) is 0. The first-order valence-electron chi connectivity index (χ1n) is 6.95. The number of nitrogens with zero attached hydrogens (tertiary/aromatic N) is 2. The van der Waals surface area contributed by atoms with Gasteiger partial charge in [0.2, 0.25) is 0 Å². The summed E-state index contributed by atoms with van der Waals surface area (Å²) in [6, 6.07) is 6.77. The Hall–Kier alpha value is -1.66. The predicted molar refractivity (Wildman–Crippen MR) is 92.9 cm³/mol. The number of rotatable bonds is 3. The number of hydrogen-bond donors (Lipinski definition) is 1. The SMILES string of the molecule is CCSC(=O)n1c(N)c(-c2ccccc2Cl)c(=O)n1C(C)C. The minimum Gasteiger partial charge on any atom is -0.383 e. The monoisotopic (exact) mass is 339 g/mol. The van der Waals surface area contributed by atoms with E-state index in [1.807, 2.05) is 20.8 Å². The highest BCUT2D eigenvalue weighted by atomic mass is 35.5. The fourth-order valence-electron chi connectivity index (χ4n) is 2.29. The zero-order chi connectivity index (χ0) is 16.4. The van der Waals surface area contributed by atoms with Crippen LogP contribution in [-0.2, 0) is 0 Å². The lowest BCUT2D eigenvalue weighted by Gasteiger charge is -2.13. The second kappa shape index (κ2) is 6.62. The number of aromatic nitrogens is 2. The van der Waals surface area contributed by atoms with Gasteiger partial charge in [0, 0.05) is 16.6 Å². The molecule has 2 rings (SSSR count). The van der Waals surface area contributed by atoms with E-state index in [9.17, 15) is 9.59 Å². The number of hydrogen-bond acceptors (Lipinski definition) is 4. The summed E-state index contributed by atoms with van der Waals surface area (Å²) in [4.78, 5) is 25.1. The van der Waals surface area contributed by atoms with Crippen LogP contribution in [0.5, 0.6) is 0 Å². The smallest absolute Gasteiger partial charge is 0.306 e. The zero-order valence-corrected chi connectivity index (χ0v) is 14.2. The van der Waals surface area contributed by atoms with Gasteiger partial charge in [-0.2, -0.15) is 4.68 Å². The lowest BCUT2D eigenvalue weighted by Crippen LogP contribution is -2.28. The molecule has 1 aromatic carbocycles. The Morgan fingerprint density at radius 1 is 1.36 bits per heavy atom. The van der Waals surface area contributed by atoms with Crippen LogP contribution in [0.15, 0.2) is 29.1 Å². The molecular formula is C15H18ClN3O2S. The molecule has 0 saturated heterocycles. The van der Waals surface area contributed by atoms with E-state index >= 15 is 0 Å². The van der Waals surface area contributed by atoms with Crippen LogP contribution in [0.3, 0.4) is 0 Å². The Balaban J connectivity index is 2.78. The molecular weight excluding hydrogens is 322 g/mol. The number of anilines is 1. The molecule has 2 N–H and O–H groups in total. The van der Waals surface area contributed by atoms with Crippen LogP contribution in [0.2, 0.25) is 5.02 Å². The Morgan fingerprint density at radius 3 is 2.55 bits per heavy atom. The van der Waals surface area contributed by atoms with Crippen molar-refractivity contribution >= 4 is 34.4 Å². The molecule has 0 spiro atoms. The van der Waals surface area contributed by atoms with Crippen LogP contribution in [0.1, 0.15) is 26.8 Å². The fourth-order valence-corrected chi connectivity index (χ4v) is 3.08. The van der Waals surface area contributed by atoms with E-state index in [1.54, 1.807) is 24.3 Å². The lowest BCUT2D eigenvalue weighted by molar-refractivity contribution is 0.254. The number of nitrogens with two attached hydrogens (primary N) is 1. The van der Waals surface area contributed by atoms with Crippen LogP contribution >= 0.6 is 23.4 Å². The standard InChI is InChI=1S/C15H18ClN3O2S/c1-4-22-15(21)19-13(17)12(14(20)18(19)9(2)3)10-7-5-6-8-11(10)16/h5-9H,4,17H2,1-3H3. The summed E-state index contributed by atoms with van der Waals surface area (Å²) < 4.78 is 2.62. The molecule has 0 aliphatic carbocycles. The third-order valence-corrected chi connectivity index (χ3v) is 4.23. The molecule has 1 heterocycles. The summed E-state index contributed by atoms with van der Waals surface area (Å²) in [5.74, 6) is 0.724. The molecule has 0 unspecified atom stereocenters. The van der Waals surface area contributed by atoms with Crippen molar-refractivity contribution in [2.75, 3.05) is 11.5 Å². The predicted octanol–water partition coefficient (Wildman–Crippen LogP) is 3.85. The first-order chi connectivity index (χ1) is 10.4. The van der Waals surface area contributed by atoms with Gasteiger partial charge in [0.1, 0.15) is 5.82 Å². The van der Waals surface area contributed by atoms with Gasteiger partial charge in [-0.1, -0.05) is 48.5 Å². The highest BCUT2D eigenvalue weighted by molar-refractivity contribution is 8.13. The Morgan fingerprint density at radius 2 is 2.00 bits per heavy atom. The number of thioether (sulfide) groups is 1. The Labute approximate surface area is 138 Å². The highest BCUT2D eigenvalue weighted by Crippen LogP contribution is 2.31. The third-order valence-electron chi connectivity index (χ3n) is 3.19. The van der Waals surface area contributed by atoms with Gasteiger partial charge in [0.05, 0.1) is 5.56 Å². The number of halogens is 1. The van der Waals surface area contributed by atoms with E-state index in [1.165, 1.54) is 9.36 Å². The van der Waals surface area contributed by atoms with Gasteiger partial charge < -0.3 is 5.73 Å². The van der Waals surface area contributed by atoms with Gasteiger partial charge >= 0.3 is 5.24 Å². The second-order valence-electron chi connectivity index (χ2n) is 4.99. The van der Waals surface area contributed by atoms with Crippen molar-refractivity contribution in [1.82, 2.24) is 9.36 Å². The average Bonchev–Trinajstić information content (AvgIpc) is 2.71. The molecule has 22 heavy (non-hydrogen) atoms. The quantitative estimate of drug-likeness (QED) is 0.921. The molecule has 118 valence electrons. The number of nitrogen functional groups attached to an aromatic ring is 1. The average molecular weight is 340 g/mol. The third kappa shape index (κ3) is 2.80. The van der Waals surface area contributed by atoms with Crippen molar-refractivity contribution < 1.29 is 4.79 Å². The molecule has 0 saturated carbocycles. The lowest BCUT2D eigenvalue weighted by atomic mass is 10.1. The van der Waals surface area contributed by atoms with Gasteiger partial charge in [-0.25, -0.2) is 4.68 Å². The van der Waals surface area contributed by atoms with E-state index in [-0.39, 0.29) is 28.2 Å². The maximum absolute atomic E-state index is 12.8. The minimum absolute atomic E-state index is 0.123. The molecule has 1 aromatic heterocycles. The van der Waals surface area contributed by atoms with Crippen molar-refractivity contribution in [3.05, 3.63) is 39.6 Å². The molecule has 0 fully saturated rings. The first kappa shape index (κ1) is 16.7. The molecule has 0 atom stereocenters.